The fourth-order valence-electron chi connectivity index (χ4n) is 2.17. The molecule has 0 saturated carbocycles. The number of aliphatic hydroxyl groups excluding tert-OH is 1. The predicted molar refractivity (Wildman–Crippen MR) is 83.3 cm³/mol. The highest BCUT2D eigenvalue weighted by molar-refractivity contribution is 5.90. The summed E-state index contributed by atoms with van der Waals surface area (Å²) in [4.78, 5) is 12.0. The number of rotatable bonds is 7. The smallest absolute Gasteiger partial charge is 0.389 e. The zero-order valence-corrected chi connectivity index (χ0v) is 13.3. The summed E-state index contributed by atoms with van der Waals surface area (Å²) in [6.07, 6.45) is -4.95. The van der Waals surface area contributed by atoms with E-state index in [2.05, 4.69) is 10.6 Å². The van der Waals surface area contributed by atoms with Crippen LogP contribution in [0.15, 0.2) is 24.3 Å². The minimum Gasteiger partial charge on any atom is -0.396 e. The second kappa shape index (κ2) is 8.76. The zero-order valence-electron chi connectivity index (χ0n) is 13.3. The summed E-state index contributed by atoms with van der Waals surface area (Å²) >= 11 is 0. The summed E-state index contributed by atoms with van der Waals surface area (Å²) < 4.78 is 37.1. The molecule has 1 aromatic rings. The number of alkyl halides is 3. The highest BCUT2D eigenvalue weighted by atomic mass is 19.4. The van der Waals surface area contributed by atoms with Crippen molar-refractivity contribution < 1.29 is 23.1 Å². The Labute approximate surface area is 134 Å². The summed E-state index contributed by atoms with van der Waals surface area (Å²) in [5, 5.41) is 14.3. The zero-order chi connectivity index (χ0) is 17.5. The minimum absolute atomic E-state index is 0.0503. The fourth-order valence-corrected chi connectivity index (χ4v) is 2.17. The molecular weight excluding hydrogens is 309 g/mol. The summed E-state index contributed by atoms with van der Waals surface area (Å²) in [5.74, 6) is 0.133. The number of nitrogens with one attached hydrogen (secondary N) is 2. The molecule has 7 heteroatoms. The standard InChI is InChI=1S/C16H23F3N2O2/c1-11(2)13(8-10-22)20-15(23)21-14-6-4-3-5-12(14)7-9-16(17,18)19/h3-6,11,13,22H,7-10H2,1-2H3,(H2,20,21,23). The maximum absolute atomic E-state index is 12.4. The van der Waals surface area contributed by atoms with E-state index < -0.39 is 18.6 Å². The van der Waals surface area contributed by atoms with E-state index in [0.717, 1.165) is 0 Å². The van der Waals surface area contributed by atoms with Gasteiger partial charge in [-0.1, -0.05) is 32.0 Å². The van der Waals surface area contributed by atoms with E-state index in [1.165, 1.54) is 0 Å². The molecule has 0 aromatic heterocycles. The molecule has 1 aromatic carbocycles. The van der Waals surface area contributed by atoms with Crippen molar-refractivity contribution in [2.75, 3.05) is 11.9 Å². The Morgan fingerprint density at radius 3 is 2.48 bits per heavy atom. The highest BCUT2D eigenvalue weighted by Crippen LogP contribution is 2.25. The number of para-hydroxylation sites is 1. The average Bonchev–Trinajstić information content (AvgIpc) is 2.45. The Hall–Kier alpha value is -1.76. The molecule has 1 unspecified atom stereocenters. The first-order chi connectivity index (χ1) is 10.7. The van der Waals surface area contributed by atoms with E-state index in [1.807, 2.05) is 13.8 Å². The van der Waals surface area contributed by atoms with Gasteiger partial charge < -0.3 is 15.7 Å². The quantitative estimate of drug-likeness (QED) is 0.713. The lowest BCUT2D eigenvalue weighted by Crippen LogP contribution is -2.41. The van der Waals surface area contributed by atoms with Crippen molar-refractivity contribution in [2.45, 2.75) is 45.3 Å². The molecule has 0 radical (unpaired) electrons. The summed E-state index contributed by atoms with van der Waals surface area (Å²) in [6, 6.07) is 5.73. The molecule has 130 valence electrons. The number of hydrogen-bond donors (Lipinski definition) is 3. The average molecular weight is 332 g/mol. The van der Waals surface area contributed by atoms with Crippen LogP contribution in [0.3, 0.4) is 0 Å². The third kappa shape index (κ3) is 7.36. The van der Waals surface area contributed by atoms with Crippen LogP contribution in [0.2, 0.25) is 0 Å². The Kier molecular flexibility index (Phi) is 7.35. The summed E-state index contributed by atoms with van der Waals surface area (Å²) in [6.45, 7) is 3.78. The van der Waals surface area contributed by atoms with Crippen LogP contribution in [0.5, 0.6) is 0 Å². The van der Waals surface area contributed by atoms with Gasteiger partial charge in [0.05, 0.1) is 0 Å². The van der Waals surface area contributed by atoms with Gasteiger partial charge in [-0.2, -0.15) is 13.2 Å². The van der Waals surface area contributed by atoms with Gasteiger partial charge in [-0.3, -0.25) is 0 Å². The van der Waals surface area contributed by atoms with Crippen molar-refractivity contribution in [3.63, 3.8) is 0 Å². The van der Waals surface area contributed by atoms with Gasteiger partial charge in [-0.05, 0) is 30.4 Å². The molecule has 3 N–H and O–H groups in total. The molecule has 0 spiro atoms. The molecule has 4 nitrogen and oxygen atoms in total. The largest absolute Gasteiger partial charge is 0.396 e. The predicted octanol–water partition coefficient (Wildman–Crippen LogP) is 3.71. The molecule has 1 rings (SSSR count). The Morgan fingerprint density at radius 1 is 1.26 bits per heavy atom. The summed E-state index contributed by atoms with van der Waals surface area (Å²) in [5.41, 5.74) is 0.795. The van der Waals surface area contributed by atoms with Gasteiger partial charge in [0.2, 0.25) is 0 Å². The van der Waals surface area contributed by atoms with E-state index in [0.29, 0.717) is 17.7 Å². The Balaban J connectivity index is 2.70. The van der Waals surface area contributed by atoms with E-state index in [-0.39, 0.29) is 25.0 Å². The first-order valence-electron chi connectivity index (χ1n) is 7.56. The molecule has 2 amide bonds. The second-order valence-electron chi connectivity index (χ2n) is 5.73. The number of benzene rings is 1. The fraction of sp³-hybridized carbons (Fsp3) is 0.562. The van der Waals surface area contributed by atoms with Crippen molar-refractivity contribution in [3.8, 4) is 0 Å². The highest BCUT2D eigenvalue weighted by Gasteiger charge is 2.27. The third-order valence-electron chi connectivity index (χ3n) is 3.50. The van der Waals surface area contributed by atoms with Gasteiger partial charge in [0.15, 0.2) is 0 Å². The maximum Gasteiger partial charge on any atom is 0.389 e. The first kappa shape index (κ1) is 19.3. The molecule has 0 aliphatic rings. The normalized spacial score (nSPS) is 13.0. The first-order valence-corrected chi connectivity index (χ1v) is 7.56. The SMILES string of the molecule is CC(C)C(CCO)NC(=O)Nc1ccccc1CCC(F)(F)F. The number of aliphatic hydroxyl groups is 1. The van der Waals surface area contributed by atoms with Crippen molar-refractivity contribution >= 4 is 11.7 Å². The van der Waals surface area contributed by atoms with E-state index in [9.17, 15) is 18.0 Å². The van der Waals surface area contributed by atoms with Crippen molar-refractivity contribution in [3.05, 3.63) is 29.8 Å². The lowest BCUT2D eigenvalue weighted by molar-refractivity contribution is -0.133. The minimum atomic E-state index is -4.24. The van der Waals surface area contributed by atoms with E-state index >= 15 is 0 Å². The van der Waals surface area contributed by atoms with Crippen LogP contribution in [0.1, 0.15) is 32.3 Å². The lowest BCUT2D eigenvalue weighted by atomic mass is 10.0. The number of carbonyl (C=O) groups is 1. The number of anilines is 1. The van der Waals surface area contributed by atoms with Gasteiger partial charge in [0.1, 0.15) is 0 Å². The lowest BCUT2D eigenvalue weighted by Gasteiger charge is -2.22. The van der Waals surface area contributed by atoms with Crippen LogP contribution in [-0.2, 0) is 6.42 Å². The third-order valence-corrected chi connectivity index (χ3v) is 3.50. The van der Waals surface area contributed by atoms with Crippen molar-refractivity contribution in [1.82, 2.24) is 5.32 Å². The number of carbonyl (C=O) groups excluding carboxylic acids is 1. The molecule has 23 heavy (non-hydrogen) atoms. The molecule has 0 saturated heterocycles. The number of halogens is 3. The van der Waals surface area contributed by atoms with Gasteiger partial charge in [0.25, 0.3) is 0 Å². The van der Waals surface area contributed by atoms with Crippen LogP contribution in [-0.4, -0.2) is 30.0 Å². The van der Waals surface area contributed by atoms with Crippen LogP contribution in [0, 0.1) is 5.92 Å². The molecular formula is C16H23F3N2O2. The van der Waals surface area contributed by atoms with Crippen molar-refractivity contribution in [2.24, 2.45) is 5.92 Å². The van der Waals surface area contributed by atoms with Crippen LogP contribution < -0.4 is 10.6 Å². The molecule has 0 aliphatic carbocycles. The molecule has 0 aliphatic heterocycles. The van der Waals surface area contributed by atoms with Gasteiger partial charge >= 0.3 is 12.2 Å². The van der Waals surface area contributed by atoms with Gasteiger partial charge in [-0.25, -0.2) is 4.79 Å². The van der Waals surface area contributed by atoms with E-state index in [1.54, 1.807) is 24.3 Å². The van der Waals surface area contributed by atoms with Crippen molar-refractivity contribution in [1.29, 1.82) is 0 Å². The summed E-state index contributed by atoms with van der Waals surface area (Å²) in [7, 11) is 0. The Morgan fingerprint density at radius 2 is 1.91 bits per heavy atom. The number of hydrogen-bond acceptors (Lipinski definition) is 2. The molecule has 0 heterocycles. The van der Waals surface area contributed by atoms with E-state index in [4.69, 9.17) is 5.11 Å². The maximum atomic E-state index is 12.4. The topological polar surface area (TPSA) is 61.4 Å². The number of urea groups is 1. The monoisotopic (exact) mass is 332 g/mol. The Bertz CT molecular complexity index is 504. The van der Waals surface area contributed by atoms with Crippen LogP contribution in [0.25, 0.3) is 0 Å². The molecule has 0 fully saturated rings. The molecule has 1 atom stereocenters. The van der Waals surface area contributed by atoms with Gasteiger partial charge in [-0.15, -0.1) is 0 Å². The van der Waals surface area contributed by atoms with Crippen LogP contribution in [0.4, 0.5) is 23.7 Å². The molecule has 0 bridgehead atoms. The number of aryl methyl sites for hydroxylation is 1. The van der Waals surface area contributed by atoms with Crippen LogP contribution >= 0.6 is 0 Å². The number of amides is 2. The second-order valence-corrected chi connectivity index (χ2v) is 5.73. The van der Waals surface area contributed by atoms with Gasteiger partial charge in [0, 0.05) is 24.8 Å².